The van der Waals surface area contributed by atoms with Gasteiger partial charge in [0.1, 0.15) is 0 Å². The van der Waals surface area contributed by atoms with Crippen molar-refractivity contribution < 1.29 is 4.92 Å². The normalized spacial score (nSPS) is 11.6. The first-order chi connectivity index (χ1) is 9.48. The van der Waals surface area contributed by atoms with E-state index in [9.17, 15) is 10.1 Å². The lowest BCUT2D eigenvalue weighted by molar-refractivity contribution is -0.385. The van der Waals surface area contributed by atoms with Crippen molar-refractivity contribution >= 4 is 29.1 Å². The van der Waals surface area contributed by atoms with Crippen LogP contribution in [0.1, 0.15) is 32.3 Å². The SMILES string of the molecule is CCC(CC)(CNCc1cc(Cl)ccc1[N+](=O)[O-])SC. The van der Waals surface area contributed by atoms with Gasteiger partial charge >= 0.3 is 0 Å². The van der Waals surface area contributed by atoms with Crippen LogP contribution in [0.3, 0.4) is 0 Å². The van der Waals surface area contributed by atoms with Gasteiger partial charge in [0.2, 0.25) is 0 Å². The van der Waals surface area contributed by atoms with Crippen LogP contribution in [0.2, 0.25) is 5.02 Å². The molecule has 112 valence electrons. The molecule has 1 N–H and O–H groups in total. The third-order valence-electron chi connectivity index (χ3n) is 3.72. The number of nitro groups is 1. The third kappa shape index (κ3) is 4.36. The van der Waals surface area contributed by atoms with E-state index in [4.69, 9.17) is 11.6 Å². The van der Waals surface area contributed by atoms with Gasteiger partial charge in [-0.15, -0.1) is 0 Å². The Morgan fingerprint density at radius 3 is 2.55 bits per heavy atom. The van der Waals surface area contributed by atoms with E-state index in [1.165, 1.54) is 6.07 Å². The average Bonchev–Trinajstić information content (AvgIpc) is 2.44. The molecule has 0 amide bonds. The zero-order valence-electron chi connectivity index (χ0n) is 12.1. The molecule has 1 aromatic carbocycles. The largest absolute Gasteiger partial charge is 0.311 e. The molecule has 0 saturated heterocycles. The highest BCUT2D eigenvalue weighted by atomic mass is 35.5. The van der Waals surface area contributed by atoms with Gasteiger partial charge in [-0.2, -0.15) is 11.8 Å². The van der Waals surface area contributed by atoms with Gasteiger partial charge in [-0.25, -0.2) is 0 Å². The van der Waals surface area contributed by atoms with Gasteiger partial charge in [0.25, 0.3) is 5.69 Å². The Morgan fingerprint density at radius 1 is 1.40 bits per heavy atom. The lowest BCUT2D eigenvalue weighted by atomic mass is 10.0. The first-order valence-corrected chi connectivity index (χ1v) is 8.27. The first kappa shape index (κ1) is 17.3. The minimum atomic E-state index is -0.366. The van der Waals surface area contributed by atoms with Crippen LogP contribution in [0.4, 0.5) is 5.69 Å². The van der Waals surface area contributed by atoms with Crippen LogP contribution in [0.15, 0.2) is 18.2 Å². The Labute approximate surface area is 129 Å². The van der Waals surface area contributed by atoms with E-state index in [0.717, 1.165) is 19.4 Å². The number of hydrogen-bond acceptors (Lipinski definition) is 4. The van der Waals surface area contributed by atoms with E-state index >= 15 is 0 Å². The van der Waals surface area contributed by atoms with E-state index in [1.807, 2.05) is 11.8 Å². The molecule has 0 bridgehead atoms. The summed E-state index contributed by atoms with van der Waals surface area (Å²) in [5.41, 5.74) is 0.745. The van der Waals surface area contributed by atoms with Crippen molar-refractivity contribution in [1.82, 2.24) is 5.32 Å². The van der Waals surface area contributed by atoms with Gasteiger partial charge in [0.15, 0.2) is 0 Å². The highest BCUT2D eigenvalue weighted by Gasteiger charge is 2.24. The molecule has 0 fully saturated rings. The Morgan fingerprint density at radius 2 is 2.05 bits per heavy atom. The molecule has 0 atom stereocenters. The second-order valence-corrected chi connectivity index (χ2v) is 6.44. The van der Waals surface area contributed by atoms with E-state index in [2.05, 4.69) is 25.4 Å². The van der Waals surface area contributed by atoms with Crippen molar-refractivity contribution in [3.8, 4) is 0 Å². The van der Waals surface area contributed by atoms with Gasteiger partial charge in [-0.1, -0.05) is 25.4 Å². The molecule has 0 heterocycles. The van der Waals surface area contributed by atoms with E-state index < -0.39 is 0 Å². The fraction of sp³-hybridized carbons (Fsp3) is 0.571. The fourth-order valence-corrected chi connectivity index (χ4v) is 3.18. The first-order valence-electron chi connectivity index (χ1n) is 6.66. The van der Waals surface area contributed by atoms with E-state index in [0.29, 0.717) is 17.1 Å². The van der Waals surface area contributed by atoms with Gasteiger partial charge in [0.05, 0.1) is 4.92 Å². The van der Waals surface area contributed by atoms with Crippen LogP contribution < -0.4 is 5.32 Å². The minimum absolute atomic E-state index is 0.115. The van der Waals surface area contributed by atoms with Gasteiger partial charge in [-0.3, -0.25) is 10.1 Å². The predicted molar refractivity (Wildman–Crippen MR) is 86.6 cm³/mol. The fourth-order valence-electron chi connectivity index (χ4n) is 2.16. The van der Waals surface area contributed by atoms with Crippen molar-refractivity contribution in [2.24, 2.45) is 0 Å². The highest BCUT2D eigenvalue weighted by Crippen LogP contribution is 2.30. The van der Waals surface area contributed by atoms with Crippen LogP contribution in [0, 0.1) is 10.1 Å². The van der Waals surface area contributed by atoms with Crippen molar-refractivity contribution in [3.05, 3.63) is 38.9 Å². The quantitative estimate of drug-likeness (QED) is 0.575. The maximum atomic E-state index is 11.0. The zero-order chi connectivity index (χ0) is 15.2. The number of halogens is 1. The van der Waals surface area contributed by atoms with Crippen LogP contribution in [-0.4, -0.2) is 22.5 Å². The maximum absolute atomic E-state index is 11.0. The van der Waals surface area contributed by atoms with E-state index in [1.54, 1.807) is 12.1 Å². The van der Waals surface area contributed by atoms with Gasteiger partial charge in [-0.05, 0) is 31.2 Å². The molecule has 4 nitrogen and oxygen atoms in total. The number of nitro benzene ring substituents is 1. The Bertz CT molecular complexity index is 456. The second-order valence-electron chi connectivity index (χ2n) is 4.73. The third-order valence-corrected chi connectivity index (χ3v) is 5.55. The van der Waals surface area contributed by atoms with Crippen molar-refractivity contribution in [1.29, 1.82) is 0 Å². The molecule has 0 unspecified atom stereocenters. The summed E-state index contributed by atoms with van der Waals surface area (Å²) in [5, 5.41) is 14.8. The number of hydrogen-bond donors (Lipinski definition) is 1. The molecule has 1 rings (SSSR count). The molecular formula is C14H21ClN2O2S. The van der Waals surface area contributed by atoms with Crippen LogP contribution in [-0.2, 0) is 6.54 Å². The van der Waals surface area contributed by atoms with Gasteiger partial charge in [0, 0.05) is 34.5 Å². The number of benzene rings is 1. The standard InChI is InChI=1S/C14H21ClN2O2S/c1-4-14(5-2,20-3)10-16-9-11-8-12(15)6-7-13(11)17(18)19/h6-8,16H,4-5,9-10H2,1-3H3. The molecule has 0 aromatic heterocycles. The van der Waals surface area contributed by atoms with Crippen molar-refractivity contribution in [3.63, 3.8) is 0 Å². The molecule has 0 spiro atoms. The monoisotopic (exact) mass is 316 g/mol. The predicted octanol–water partition coefficient (Wildman–Crippen LogP) is 4.26. The van der Waals surface area contributed by atoms with Crippen LogP contribution in [0.5, 0.6) is 0 Å². The molecule has 0 radical (unpaired) electrons. The van der Waals surface area contributed by atoms with Gasteiger partial charge < -0.3 is 5.32 Å². The van der Waals surface area contributed by atoms with E-state index in [-0.39, 0.29) is 15.4 Å². The minimum Gasteiger partial charge on any atom is -0.311 e. The number of nitrogens with one attached hydrogen (secondary N) is 1. The average molecular weight is 317 g/mol. The van der Waals surface area contributed by atoms with Crippen LogP contribution >= 0.6 is 23.4 Å². The number of nitrogens with zero attached hydrogens (tertiary/aromatic N) is 1. The zero-order valence-corrected chi connectivity index (χ0v) is 13.7. The summed E-state index contributed by atoms with van der Waals surface area (Å²) in [6, 6.07) is 4.67. The molecule has 0 aliphatic heterocycles. The molecule has 1 aromatic rings. The summed E-state index contributed by atoms with van der Waals surface area (Å²) in [4.78, 5) is 10.6. The molecule has 20 heavy (non-hydrogen) atoms. The molecule has 6 heteroatoms. The Kier molecular flexibility index (Phi) is 6.79. The topological polar surface area (TPSA) is 55.2 Å². The maximum Gasteiger partial charge on any atom is 0.273 e. The van der Waals surface area contributed by atoms with Crippen LogP contribution in [0.25, 0.3) is 0 Å². The number of rotatable bonds is 8. The summed E-state index contributed by atoms with van der Waals surface area (Å²) in [7, 11) is 0. The summed E-state index contributed by atoms with van der Waals surface area (Å²) in [5.74, 6) is 0. The molecule has 0 aliphatic rings. The smallest absolute Gasteiger partial charge is 0.273 e. The Hall–Kier alpha value is -0.780. The van der Waals surface area contributed by atoms with Crippen molar-refractivity contribution in [2.45, 2.75) is 38.0 Å². The summed E-state index contributed by atoms with van der Waals surface area (Å²) < 4.78 is 0.188. The highest BCUT2D eigenvalue weighted by molar-refractivity contribution is 8.00. The Balaban J connectivity index is 2.75. The summed E-state index contributed by atoms with van der Waals surface area (Å²) >= 11 is 7.76. The summed E-state index contributed by atoms with van der Waals surface area (Å²) in [6.45, 7) is 5.62. The molecular weight excluding hydrogens is 296 g/mol. The second kappa shape index (κ2) is 7.86. The van der Waals surface area contributed by atoms with Crippen molar-refractivity contribution in [2.75, 3.05) is 12.8 Å². The lowest BCUT2D eigenvalue weighted by Crippen LogP contribution is -2.36. The summed E-state index contributed by atoms with van der Waals surface area (Å²) in [6.07, 6.45) is 4.24. The molecule has 0 aliphatic carbocycles. The number of thioether (sulfide) groups is 1. The lowest BCUT2D eigenvalue weighted by Gasteiger charge is -2.30. The molecule has 0 saturated carbocycles.